The molecule has 0 radical (unpaired) electrons. The number of primary amides is 1. The first-order valence-electron chi connectivity index (χ1n) is 8.62. The van der Waals surface area contributed by atoms with Crippen LogP contribution in [0.25, 0.3) is 10.2 Å². The summed E-state index contributed by atoms with van der Waals surface area (Å²) in [6.07, 6.45) is 3.14. The van der Waals surface area contributed by atoms with Gasteiger partial charge in [0.05, 0.1) is 15.2 Å². The van der Waals surface area contributed by atoms with E-state index in [1.165, 1.54) is 4.70 Å². The van der Waals surface area contributed by atoms with Gasteiger partial charge in [-0.25, -0.2) is 4.98 Å². The lowest BCUT2D eigenvalue weighted by atomic mass is 10.1. The number of hydrogen-bond acceptors (Lipinski definition) is 4. The van der Waals surface area contributed by atoms with E-state index in [1.807, 2.05) is 24.3 Å². The highest BCUT2D eigenvalue weighted by atomic mass is 32.1. The molecule has 0 unspecified atom stereocenters. The number of benzene rings is 2. The number of aromatic nitrogens is 1. The van der Waals surface area contributed by atoms with Gasteiger partial charge in [-0.1, -0.05) is 24.3 Å². The predicted molar refractivity (Wildman–Crippen MR) is 104 cm³/mol. The number of nitrogens with one attached hydrogen (secondary N) is 1. The average Bonchev–Trinajstić information content (AvgIpc) is 3.06. The Morgan fingerprint density at radius 2 is 1.92 bits per heavy atom. The zero-order valence-electron chi connectivity index (χ0n) is 14.4. The van der Waals surface area contributed by atoms with Crippen molar-refractivity contribution in [3.8, 4) is 0 Å². The number of hydrogen-bond donors (Lipinski definition) is 2. The largest absolute Gasteiger partial charge is 0.366 e. The van der Waals surface area contributed by atoms with E-state index in [2.05, 4.69) is 16.4 Å². The second-order valence-corrected chi connectivity index (χ2v) is 7.24. The van der Waals surface area contributed by atoms with Gasteiger partial charge >= 0.3 is 0 Å². The molecule has 1 aromatic heterocycles. The van der Waals surface area contributed by atoms with Crippen molar-refractivity contribution in [2.24, 2.45) is 5.73 Å². The third-order valence-corrected chi connectivity index (χ3v) is 5.18. The van der Waals surface area contributed by atoms with Gasteiger partial charge < -0.3 is 11.1 Å². The summed E-state index contributed by atoms with van der Waals surface area (Å²) in [6.45, 7) is 0.401. The molecule has 3 N–H and O–H groups in total. The van der Waals surface area contributed by atoms with Crippen molar-refractivity contribution in [2.45, 2.75) is 32.2 Å². The lowest BCUT2D eigenvalue weighted by molar-refractivity contribution is -0.121. The molecule has 0 fully saturated rings. The normalized spacial score (nSPS) is 10.8. The summed E-state index contributed by atoms with van der Waals surface area (Å²) >= 11 is 1.72. The van der Waals surface area contributed by atoms with Crippen LogP contribution in [0.3, 0.4) is 0 Å². The van der Waals surface area contributed by atoms with E-state index < -0.39 is 5.91 Å². The van der Waals surface area contributed by atoms with Crippen LogP contribution in [0.1, 0.15) is 40.2 Å². The van der Waals surface area contributed by atoms with Gasteiger partial charge in [0.15, 0.2) is 0 Å². The zero-order chi connectivity index (χ0) is 18.4. The minimum atomic E-state index is -0.465. The van der Waals surface area contributed by atoms with Crippen molar-refractivity contribution in [1.29, 1.82) is 0 Å². The van der Waals surface area contributed by atoms with Crippen LogP contribution in [0, 0.1) is 0 Å². The standard InChI is InChI=1S/C20H21N3O2S/c21-20(25)15-7-5-6-14(12-15)13-22-18(24)10-3-4-11-19-23-16-8-1-2-9-17(16)26-19/h1-2,5-9,12H,3-4,10-11,13H2,(H2,21,25)(H,22,24). The fourth-order valence-corrected chi connectivity index (χ4v) is 3.72. The van der Waals surface area contributed by atoms with Gasteiger partial charge in [0, 0.05) is 18.5 Å². The molecular weight excluding hydrogens is 346 g/mol. The van der Waals surface area contributed by atoms with E-state index in [4.69, 9.17) is 5.73 Å². The monoisotopic (exact) mass is 367 g/mol. The van der Waals surface area contributed by atoms with Gasteiger partial charge in [-0.2, -0.15) is 0 Å². The first-order chi connectivity index (χ1) is 12.6. The Balaban J connectivity index is 1.39. The van der Waals surface area contributed by atoms with Crippen LogP contribution in [0.5, 0.6) is 0 Å². The van der Waals surface area contributed by atoms with Crippen molar-refractivity contribution in [3.63, 3.8) is 0 Å². The molecule has 26 heavy (non-hydrogen) atoms. The highest BCUT2D eigenvalue weighted by Gasteiger charge is 2.06. The van der Waals surface area contributed by atoms with E-state index in [0.29, 0.717) is 18.5 Å². The minimum Gasteiger partial charge on any atom is -0.366 e. The van der Waals surface area contributed by atoms with Crippen molar-refractivity contribution >= 4 is 33.4 Å². The van der Waals surface area contributed by atoms with E-state index in [0.717, 1.165) is 35.4 Å². The number of unbranched alkanes of at least 4 members (excludes halogenated alkanes) is 1. The topological polar surface area (TPSA) is 85.1 Å². The number of aryl methyl sites for hydroxylation is 1. The van der Waals surface area contributed by atoms with Crippen LogP contribution in [-0.2, 0) is 17.8 Å². The van der Waals surface area contributed by atoms with Gasteiger partial charge in [0.25, 0.3) is 0 Å². The Labute approximate surface area is 156 Å². The molecule has 0 aliphatic heterocycles. The molecule has 134 valence electrons. The minimum absolute atomic E-state index is 0.0128. The Morgan fingerprint density at radius 1 is 1.08 bits per heavy atom. The van der Waals surface area contributed by atoms with E-state index in [9.17, 15) is 9.59 Å². The van der Waals surface area contributed by atoms with Crippen LogP contribution < -0.4 is 11.1 Å². The first-order valence-corrected chi connectivity index (χ1v) is 9.43. The molecule has 0 saturated heterocycles. The number of nitrogens with zero attached hydrogens (tertiary/aromatic N) is 1. The number of carbonyl (C=O) groups excluding carboxylic acids is 2. The number of nitrogens with two attached hydrogens (primary N) is 1. The van der Waals surface area contributed by atoms with Crippen LogP contribution >= 0.6 is 11.3 Å². The van der Waals surface area contributed by atoms with E-state index >= 15 is 0 Å². The van der Waals surface area contributed by atoms with Crippen LogP contribution in [-0.4, -0.2) is 16.8 Å². The Kier molecular flexibility index (Phi) is 5.96. The third-order valence-electron chi connectivity index (χ3n) is 4.08. The zero-order valence-corrected chi connectivity index (χ0v) is 15.2. The van der Waals surface area contributed by atoms with Crippen LogP contribution in [0.15, 0.2) is 48.5 Å². The van der Waals surface area contributed by atoms with Crippen molar-refractivity contribution in [2.75, 3.05) is 0 Å². The molecule has 6 heteroatoms. The van der Waals surface area contributed by atoms with Crippen LogP contribution in [0.4, 0.5) is 0 Å². The molecule has 0 aliphatic rings. The number of fused-ring (bicyclic) bond motifs is 1. The van der Waals surface area contributed by atoms with Crippen molar-refractivity contribution in [3.05, 3.63) is 64.7 Å². The first kappa shape index (κ1) is 18.1. The van der Waals surface area contributed by atoms with Gasteiger partial charge in [0.2, 0.25) is 11.8 Å². The number of thiazole rings is 1. The molecule has 2 amide bonds. The van der Waals surface area contributed by atoms with Crippen molar-refractivity contribution < 1.29 is 9.59 Å². The molecule has 5 nitrogen and oxygen atoms in total. The van der Waals surface area contributed by atoms with Crippen molar-refractivity contribution in [1.82, 2.24) is 10.3 Å². The molecule has 2 aromatic carbocycles. The summed E-state index contributed by atoms with van der Waals surface area (Å²) in [5.74, 6) is -0.452. The van der Waals surface area contributed by atoms with Gasteiger partial charge in [-0.3, -0.25) is 9.59 Å². The highest BCUT2D eigenvalue weighted by Crippen LogP contribution is 2.22. The molecule has 0 aliphatic carbocycles. The smallest absolute Gasteiger partial charge is 0.248 e. The number of carbonyl (C=O) groups is 2. The molecular formula is C20H21N3O2S. The summed E-state index contributed by atoms with van der Waals surface area (Å²) in [5, 5.41) is 4.00. The Hall–Kier alpha value is -2.73. The Morgan fingerprint density at radius 3 is 2.73 bits per heavy atom. The molecule has 3 rings (SSSR count). The summed E-state index contributed by atoms with van der Waals surface area (Å²) in [7, 11) is 0. The maximum Gasteiger partial charge on any atom is 0.248 e. The van der Waals surface area contributed by atoms with E-state index in [-0.39, 0.29) is 5.91 Å². The average molecular weight is 367 g/mol. The van der Waals surface area contributed by atoms with E-state index in [1.54, 1.807) is 29.5 Å². The molecule has 0 spiro atoms. The molecule has 3 aromatic rings. The summed E-state index contributed by atoms with van der Waals surface area (Å²) in [5.41, 5.74) is 7.62. The van der Waals surface area contributed by atoms with Gasteiger partial charge in [-0.05, 0) is 49.1 Å². The second-order valence-electron chi connectivity index (χ2n) is 6.12. The third kappa shape index (κ3) is 4.89. The maximum absolute atomic E-state index is 12.0. The number of para-hydroxylation sites is 1. The molecule has 1 heterocycles. The fourth-order valence-electron chi connectivity index (χ4n) is 2.71. The SMILES string of the molecule is NC(=O)c1cccc(CNC(=O)CCCCc2nc3ccccc3s2)c1. The van der Waals surface area contributed by atoms with Crippen LogP contribution in [0.2, 0.25) is 0 Å². The predicted octanol–water partition coefficient (Wildman–Crippen LogP) is 3.42. The summed E-state index contributed by atoms with van der Waals surface area (Å²) in [4.78, 5) is 27.8. The second kappa shape index (κ2) is 8.58. The Bertz CT molecular complexity index is 887. The lowest BCUT2D eigenvalue weighted by Gasteiger charge is -2.06. The molecule has 0 atom stereocenters. The van der Waals surface area contributed by atoms with Gasteiger partial charge in [-0.15, -0.1) is 11.3 Å². The number of amides is 2. The summed E-state index contributed by atoms with van der Waals surface area (Å²) in [6, 6.07) is 15.1. The quantitative estimate of drug-likeness (QED) is 0.598. The highest BCUT2D eigenvalue weighted by molar-refractivity contribution is 7.18. The fraction of sp³-hybridized carbons (Fsp3) is 0.250. The number of rotatable bonds is 8. The summed E-state index contributed by atoms with van der Waals surface area (Å²) < 4.78 is 1.21. The maximum atomic E-state index is 12.0. The lowest BCUT2D eigenvalue weighted by Crippen LogP contribution is -2.22. The molecule has 0 bridgehead atoms. The van der Waals surface area contributed by atoms with Gasteiger partial charge in [0.1, 0.15) is 0 Å². The molecule has 0 saturated carbocycles.